The molecule has 1 aromatic carbocycles. The van der Waals surface area contributed by atoms with Crippen LogP contribution in [0.1, 0.15) is 12.5 Å². The summed E-state index contributed by atoms with van der Waals surface area (Å²) < 4.78 is 0. The number of nitrogens with zero attached hydrogens (tertiary/aromatic N) is 2. The summed E-state index contributed by atoms with van der Waals surface area (Å²) in [6.07, 6.45) is 0.553. The normalized spacial score (nSPS) is 12.2. The van der Waals surface area contributed by atoms with Gasteiger partial charge in [0.05, 0.1) is 15.7 Å². The number of hydrogen-bond donors (Lipinski definition) is 0. The Hall–Kier alpha value is -0.903. The lowest BCUT2D eigenvalue weighted by molar-refractivity contribution is 0.147. The Morgan fingerprint density at radius 1 is 1.11 bits per heavy atom. The highest BCUT2D eigenvalue weighted by atomic mass is 28.2. The van der Waals surface area contributed by atoms with Crippen molar-refractivity contribution in [3.63, 3.8) is 0 Å². The molecule has 0 saturated heterocycles. The minimum atomic E-state index is -0.198. The summed E-state index contributed by atoms with van der Waals surface area (Å²) in [5, 5.41) is 1.54. The zero-order valence-electron chi connectivity index (χ0n) is 12.4. The topological polar surface area (TPSA) is 6.48 Å². The molecule has 0 aromatic heterocycles. The van der Waals surface area contributed by atoms with Gasteiger partial charge in [0, 0.05) is 0 Å². The first-order valence-electron chi connectivity index (χ1n) is 6.49. The lowest BCUT2D eigenvalue weighted by Crippen LogP contribution is -2.42. The van der Waals surface area contributed by atoms with Gasteiger partial charge in [-0.2, -0.15) is 0 Å². The second kappa shape index (κ2) is 6.88. The molecule has 0 N–H and O–H groups in total. The van der Waals surface area contributed by atoms with Crippen molar-refractivity contribution in [3.8, 4) is 0 Å². The van der Waals surface area contributed by atoms with Crippen molar-refractivity contribution in [2.24, 2.45) is 0 Å². The summed E-state index contributed by atoms with van der Waals surface area (Å²) in [5.41, 5.74) is 2.40. The quantitative estimate of drug-likeness (QED) is 0.564. The first kappa shape index (κ1) is 15.2. The third-order valence-corrected chi connectivity index (χ3v) is 5.18. The smallest absolute Gasteiger partial charge is 0.0586 e. The fourth-order valence-electron chi connectivity index (χ4n) is 2.23. The summed E-state index contributed by atoms with van der Waals surface area (Å²) in [7, 11) is 8.43. The van der Waals surface area contributed by atoms with Crippen molar-refractivity contribution in [3.05, 3.63) is 36.4 Å². The Morgan fingerprint density at radius 2 is 1.61 bits per heavy atom. The molecule has 0 unspecified atom stereocenters. The van der Waals surface area contributed by atoms with E-state index in [1.165, 1.54) is 16.8 Å². The second-order valence-electron chi connectivity index (χ2n) is 5.42. The first-order chi connectivity index (χ1) is 8.41. The standard InChI is InChI=1S/C15H26N2Si/c1-12(2)13-7-9-14(10-8-13)18-11-15(16(3)4)17(5)6/h7-10,15H,1,11,18H2,2-6H3. The largest absolute Gasteiger partial charge is 0.294 e. The lowest BCUT2D eigenvalue weighted by Gasteiger charge is -2.30. The monoisotopic (exact) mass is 262 g/mol. The molecule has 0 atom stereocenters. The Bertz CT molecular complexity index is 374. The number of allylic oxidation sites excluding steroid dienone is 1. The summed E-state index contributed by atoms with van der Waals surface area (Å²) in [6.45, 7) is 6.03. The summed E-state index contributed by atoms with van der Waals surface area (Å²) in [6, 6.07) is 10.2. The van der Waals surface area contributed by atoms with E-state index < -0.39 is 0 Å². The molecule has 0 bridgehead atoms. The van der Waals surface area contributed by atoms with E-state index >= 15 is 0 Å². The van der Waals surface area contributed by atoms with Crippen LogP contribution >= 0.6 is 0 Å². The van der Waals surface area contributed by atoms with E-state index in [4.69, 9.17) is 0 Å². The number of benzene rings is 1. The van der Waals surface area contributed by atoms with Crippen LogP contribution in [0, 0.1) is 0 Å². The average molecular weight is 262 g/mol. The van der Waals surface area contributed by atoms with Gasteiger partial charge in [-0.15, -0.1) is 0 Å². The Labute approximate surface area is 114 Å². The molecule has 0 aliphatic rings. The van der Waals surface area contributed by atoms with Gasteiger partial charge < -0.3 is 0 Å². The molecule has 0 saturated carbocycles. The van der Waals surface area contributed by atoms with Crippen molar-refractivity contribution in [2.75, 3.05) is 28.2 Å². The Kier molecular flexibility index (Phi) is 5.79. The van der Waals surface area contributed by atoms with Crippen LogP contribution < -0.4 is 5.19 Å². The van der Waals surface area contributed by atoms with E-state index in [1.54, 1.807) is 0 Å². The zero-order chi connectivity index (χ0) is 13.7. The van der Waals surface area contributed by atoms with Crippen LogP contribution in [0.2, 0.25) is 6.04 Å². The van der Waals surface area contributed by atoms with Crippen molar-refractivity contribution >= 4 is 20.3 Å². The molecule has 0 aliphatic carbocycles. The van der Waals surface area contributed by atoms with Gasteiger partial charge in [-0.05, 0) is 46.7 Å². The van der Waals surface area contributed by atoms with Gasteiger partial charge in [0.1, 0.15) is 0 Å². The van der Waals surface area contributed by atoms with E-state index in [9.17, 15) is 0 Å². The number of hydrogen-bond acceptors (Lipinski definition) is 2. The zero-order valence-corrected chi connectivity index (χ0v) is 13.8. The predicted octanol–water partition coefficient (Wildman–Crippen LogP) is 1.38. The summed E-state index contributed by atoms with van der Waals surface area (Å²) >= 11 is 0. The Balaban J connectivity index is 2.60. The van der Waals surface area contributed by atoms with Crippen molar-refractivity contribution in [1.82, 2.24) is 9.80 Å². The molecule has 2 nitrogen and oxygen atoms in total. The van der Waals surface area contributed by atoms with E-state index in [2.05, 4.69) is 75.8 Å². The molecular weight excluding hydrogens is 236 g/mol. The van der Waals surface area contributed by atoms with Gasteiger partial charge in [0.25, 0.3) is 0 Å². The summed E-state index contributed by atoms with van der Waals surface area (Å²) in [4.78, 5) is 4.60. The van der Waals surface area contributed by atoms with Gasteiger partial charge in [-0.3, -0.25) is 9.80 Å². The third-order valence-electron chi connectivity index (χ3n) is 3.33. The molecule has 0 aliphatic heterocycles. The van der Waals surface area contributed by atoms with Gasteiger partial charge in [-0.1, -0.05) is 41.6 Å². The van der Waals surface area contributed by atoms with Crippen LogP contribution in [0.25, 0.3) is 5.57 Å². The maximum Gasteiger partial charge on any atom is 0.0586 e. The first-order valence-corrected chi connectivity index (χ1v) is 8.20. The molecule has 0 amide bonds. The molecule has 1 aromatic rings. The molecule has 100 valence electrons. The molecule has 3 heteroatoms. The maximum absolute atomic E-state index is 3.97. The highest BCUT2D eigenvalue weighted by Crippen LogP contribution is 2.09. The van der Waals surface area contributed by atoms with E-state index in [1.807, 2.05) is 0 Å². The average Bonchev–Trinajstić information content (AvgIpc) is 2.28. The SMILES string of the molecule is C=C(C)c1ccc([SiH2]CC(N(C)C)N(C)C)cc1. The maximum atomic E-state index is 3.97. The van der Waals surface area contributed by atoms with Crippen molar-refractivity contribution in [1.29, 1.82) is 0 Å². The van der Waals surface area contributed by atoms with Crippen LogP contribution in [0.5, 0.6) is 0 Å². The summed E-state index contributed by atoms with van der Waals surface area (Å²) in [5.74, 6) is 0. The molecule has 0 spiro atoms. The highest BCUT2D eigenvalue weighted by Gasteiger charge is 2.13. The highest BCUT2D eigenvalue weighted by molar-refractivity contribution is 6.53. The number of rotatable bonds is 6. The van der Waals surface area contributed by atoms with E-state index in [0.717, 1.165) is 5.57 Å². The molecule has 0 radical (unpaired) electrons. The van der Waals surface area contributed by atoms with Gasteiger partial charge >= 0.3 is 0 Å². The third kappa shape index (κ3) is 4.41. The molecular formula is C15H26N2Si. The lowest BCUT2D eigenvalue weighted by atomic mass is 10.1. The molecule has 1 rings (SSSR count). The molecule has 18 heavy (non-hydrogen) atoms. The minimum Gasteiger partial charge on any atom is -0.294 e. The van der Waals surface area contributed by atoms with Gasteiger partial charge in [0.15, 0.2) is 0 Å². The van der Waals surface area contributed by atoms with Crippen molar-refractivity contribution in [2.45, 2.75) is 19.1 Å². The van der Waals surface area contributed by atoms with Crippen LogP contribution in [-0.4, -0.2) is 53.7 Å². The minimum absolute atomic E-state index is 0.198. The van der Waals surface area contributed by atoms with E-state index in [0.29, 0.717) is 6.17 Å². The van der Waals surface area contributed by atoms with Crippen molar-refractivity contribution < 1.29 is 0 Å². The van der Waals surface area contributed by atoms with Crippen LogP contribution in [0.4, 0.5) is 0 Å². The van der Waals surface area contributed by atoms with Gasteiger partial charge in [0.2, 0.25) is 0 Å². The fraction of sp³-hybridized carbons (Fsp3) is 0.467. The molecule has 0 heterocycles. The van der Waals surface area contributed by atoms with Gasteiger partial charge in [-0.25, -0.2) is 0 Å². The second-order valence-corrected chi connectivity index (χ2v) is 7.32. The van der Waals surface area contributed by atoms with Crippen LogP contribution in [0.3, 0.4) is 0 Å². The van der Waals surface area contributed by atoms with E-state index in [-0.39, 0.29) is 9.52 Å². The van der Waals surface area contributed by atoms with Crippen LogP contribution in [0.15, 0.2) is 30.8 Å². The molecule has 0 fully saturated rings. The predicted molar refractivity (Wildman–Crippen MR) is 85.3 cm³/mol. The Morgan fingerprint density at radius 3 is 2.00 bits per heavy atom. The fourth-order valence-corrected chi connectivity index (χ4v) is 4.42. The van der Waals surface area contributed by atoms with Crippen LogP contribution in [-0.2, 0) is 0 Å².